The van der Waals surface area contributed by atoms with E-state index >= 15 is 0 Å². The minimum atomic E-state index is -0.653. The van der Waals surface area contributed by atoms with E-state index in [1.54, 1.807) is 7.05 Å². The Morgan fingerprint density at radius 1 is 1.03 bits per heavy atom. The fourth-order valence-corrected chi connectivity index (χ4v) is 4.38. The van der Waals surface area contributed by atoms with Crippen LogP contribution >= 0.6 is 0 Å². The van der Waals surface area contributed by atoms with Crippen LogP contribution in [-0.2, 0) is 36.3 Å². The number of aromatic nitrogens is 4. The molecule has 9 heteroatoms. The summed E-state index contributed by atoms with van der Waals surface area (Å²) in [5, 5.41) is 0. The van der Waals surface area contributed by atoms with Gasteiger partial charge in [-0.3, -0.25) is 14.2 Å². The van der Waals surface area contributed by atoms with Crippen LogP contribution in [0.2, 0.25) is 0 Å². The van der Waals surface area contributed by atoms with Gasteiger partial charge in [0.2, 0.25) is 5.95 Å². The van der Waals surface area contributed by atoms with Crippen molar-refractivity contribution in [2.45, 2.75) is 26.6 Å². The van der Waals surface area contributed by atoms with Gasteiger partial charge in [-0.2, -0.15) is 4.98 Å². The van der Waals surface area contributed by atoms with Crippen molar-refractivity contribution in [2.24, 2.45) is 13.0 Å². The molecular formula is C25H25N5O4. The van der Waals surface area contributed by atoms with E-state index in [1.807, 2.05) is 65.2 Å². The fourth-order valence-electron chi connectivity index (χ4n) is 4.38. The molecular weight excluding hydrogens is 434 g/mol. The van der Waals surface area contributed by atoms with Gasteiger partial charge >= 0.3 is 11.7 Å². The maximum absolute atomic E-state index is 13.5. The lowest BCUT2D eigenvalue weighted by Gasteiger charge is -2.32. The van der Waals surface area contributed by atoms with Crippen LogP contribution in [0, 0.1) is 5.92 Å². The third-order valence-corrected chi connectivity index (χ3v) is 6.04. The molecule has 0 aliphatic carbocycles. The summed E-state index contributed by atoms with van der Waals surface area (Å²) < 4.78 is 9.40. The molecule has 1 aliphatic heterocycles. The predicted octanol–water partition coefficient (Wildman–Crippen LogP) is 2.43. The molecule has 2 aromatic carbocycles. The number of carbonyl (C=O) groups is 1. The zero-order chi connectivity index (χ0) is 23.8. The Morgan fingerprint density at radius 3 is 2.41 bits per heavy atom. The normalized spacial score (nSPS) is 15.4. The Kier molecular flexibility index (Phi) is 5.53. The van der Waals surface area contributed by atoms with Crippen molar-refractivity contribution in [1.82, 2.24) is 18.7 Å². The van der Waals surface area contributed by atoms with Crippen molar-refractivity contribution in [3.8, 4) is 0 Å². The monoisotopic (exact) mass is 459 g/mol. The largest absolute Gasteiger partial charge is 0.459 e. The van der Waals surface area contributed by atoms with Gasteiger partial charge in [-0.05, 0) is 23.6 Å². The minimum Gasteiger partial charge on any atom is -0.459 e. The zero-order valence-electron chi connectivity index (χ0n) is 19.0. The number of nitrogens with zero attached hydrogens (tertiary/aromatic N) is 5. The maximum Gasteiger partial charge on any atom is 0.333 e. The molecule has 0 radical (unpaired) electrons. The summed E-state index contributed by atoms with van der Waals surface area (Å²) in [7, 11) is 1.56. The first-order valence-corrected chi connectivity index (χ1v) is 11.2. The number of benzene rings is 2. The Hall–Kier alpha value is -4.14. The molecule has 5 rings (SSSR count). The highest BCUT2D eigenvalue weighted by Crippen LogP contribution is 2.32. The highest BCUT2D eigenvalue weighted by Gasteiger charge is 2.30. The molecule has 34 heavy (non-hydrogen) atoms. The molecule has 0 bridgehead atoms. The van der Waals surface area contributed by atoms with Crippen LogP contribution in [0.3, 0.4) is 0 Å². The fraction of sp³-hybridized carbons (Fsp3) is 0.280. The first-order chi connectivity index (χ1) is 16.4. The van der Waals surface area contributed by atoms with E-state index < -0.39 is 23.8 Å². The van der Waals surface area contributed by atoms with Crippen molar-refractivity contribution >= 4 is 28.8 Å². The van der Waals surface area contributed by atoms with Gasteiger partial charge in [0.25, 0.3) is 5.56 Å². The molecule has 1 aliphatic rings. The molecule has 1 unspecified atom stereocenters. The Bertz CT molecular complexity index is 1470. The number of hydrogen-bond donors (Lipinski definition) is 0. The first-order valence-electron chi connectivity index (χ1n) is 11.2. The summed E-state index contributed by atoms with van der Waals surface area (Å²) in [5.74, 6) is 0.196. The quantitative estimate of drug-likeness (QED) is 0.426. The molecule has 0 saturated heterocycles. The van der Waals surface area contributed by atoms with Crippen molar-refractivity contribution in [2.75, 3.05) is 11.4 Å². The van der Waals surface area contributed by atoms with Crippen molar-refractivity contribution in [3.05, 3.63) is 87.1 Å². The molecule has 0 saturated carbocycles. The van der Waals surface area contributed by atoms with E-state index in [0.717, 1.165) is 22.4 Å². The van der Waals surface area contributed by atoms with Crippen LogP contribution < -0.4 is 16.1 Å². The molecule has 2 aromatic heterocycles. The first kappa shape index (κ1) is 21.7. The van der Waals surface area contributed by atoms with Crippen molar-refractivity contribution in [3.63, 3.8) is 0 Å². The third kappa shape index (κ3) is 3.79. The summed E-state index contributed by atoms with van der Waals surface area (Å²) >= 11 is 0. The van der Waals surface area contributed by atoms with Crippen LogP contribution in [0.1, 0.15) is 12.5 Å². The summed E-state index contributed by atoms with van der Waals surface area (Å²) in [6.07, 6.45) is 0. The third-order valence-electron chi connectivity index (χ3n) is 6.04. The van der Waals surface area contributed by atoms with Crippen molar-refractivity contribution in [1.29, 1.82) is 0 Å². The van der Waals surface area contributed by atoms with Gasteiger partial charge in [0, 0.05) is 25.8 Å². The number of hydrogen-bond acceptors (Lipinski definition) is 6. The highest BCUT2D eigenvalue weighted by atomic mass is 16.5. The number of ether oxygens (including phenoxy) is 1. The molecule has 4 aromatic rings. The van der Waals surface area contributed by atoms with Gasteiger partial charge in [-0.1, -0.05) is 55.5 Å². The Morgan fingerprint density at radius 2 is 1.71 bits per heavy atom. The maximum atomic E-state index is 13.5. The SMILES string of the molecule is CC1CN(c2ccccc2)c2nc3c(c(=O)n(CC(=O)OCc4ccccc4)c(=O)n3C)n2C1. The lowest BCUT2D eigenvalue weighted by atomic mass is 10.1. The van der Waals surface area contributed by atoms with Crippen molar-refractivity contribution < 1.29 is 9.53 Å². The molecule has 174 valence electrons. The number of carbonyl (C=O) groups excluding carboxylic acids is 1. The van der Waals surface area contributed by atoms with E-state index in [-0.39, 0.29) is 12.5 Å². The topological polar surface area (TPSA) is 91.4 Å². The average Bonchev–Trinajstić information content (AvgIpc) is 3.24. The lowest BCUT2D eigenvalue weighted by Crippen LogP contribution is -2.42. The summed E-state index contributed by atoms with van der Waals surface area (Å²) in [5.41, 5.74) is 1.24. The second-order valence-corrected chi connectivity index (χ2v) is 8.63. The van der Waals surface area contributed by atoms with Gasteiger partial charge in [0.15, 0.2) is 11.2 Å². The van der Waals surface area contributed by atoms with E-state index in [4.69, 9.17) is 4.74 Å². The van der Waals surface area contributed by atoms with Gasteiger partial charge in [0.05, 0.1) is 0 Å². The second kappa shape index (κ2) is 8.66. The number of rotatable bonds is 5. The van der Waals surface area contributed by atoms with E-state index in [0.29, 0.717) is 23.7 Å². The molecule has 0 amide bonds. The summed E-state index contributed by atoms with van der Waals surface area (Å²) in [6.45, 7) is 3.03. The Balaban J connectivity index is 1.54. The number of para-hydroxylation sites is 1. The summed E-state index contributed by atoms with van der Waals surface area (Å²) in [6, 6.07) is 19.1. The molecule has 0 fully saturated rings. The highest BCUT2D eigenvalue weighted by molar-refractivity contribution is 5.77. The van der Waals surface area contributed by atoms with Crippen LogP contribution in [0.4, 0.5) is 11.6 Å². The molecule has 0 N–H and O–H groups in total. The standard InChI is InChI=1S/C25H25N5O4/c1-17-13-28(19-11-7-4-8-12-19)24-26-22-21(29(24)14-17)23(32)30(25(33)27(22)2)15-20(31)34-16-18-9-5-3-6-10-18/h3-12,17H,13-16H2,1-2H3. The number of esters is 1. The zero-order valence-corrected chi connectivity index (χ0v) is 19.0. The lowest BCUT2D eigenvalue weighted by molar-refractivity contribution is -0.145. The van der Waals surface area contributed by atoms with Gasteiger partial charge in [-0.15, -0.1) is 0 Å². The molecule has 0 spiro atoms. The molecule has 3 heterocycles. The predicted molar refractivity (Wildman–Crippen MR) is 128 cm³/mol. The van der Waals surface area contributed by atoms with Gasteiger partial charge in [0.1, 0.15) is 13.2 Å². The van der Waals surface area contributed by atoms with Crippen LogP contribution in [0.25, 0.3) is 11.2 Å². The number of fused-ring (bicyclic) bond motifs is 3. The van der Waals surface area contributed by atoms with Crippen LogP contribution in [0.5, 0.6) is 0 Å². The molecule has 1 atom stereocenters. The van der Waals surface area contributed by atoms with Crippen LogP contribution in [0.15, 0.2) is 70.3 Å². The number of aryl methyl sites for hydroxylation is 1. The minimum absolute atomic E-state index is 0.0720. The second-order valence-electron chi connectivity index (χ2n) is 8.63. The smallest absolute Gasteiger partial charge is 0.333 e. The Labute approximate surface area is 195 Å². The van der Waals surface area contributed by atoms with E-state index in [2.05, 4.69) is 16.8 Å². The van der Waals surface area contributed by atoms with Gasteiger partial charge in [-0.25, -0.2) is 9.36 Å². The van der Waals surface area contributed by atoms with E-state index in [1.165, 1.54) is 4.57 Å². The van der Waals surface area contributed by atoms with Crippen LogP contribution in [-0.4, -0.2) is 31.2 Å². The average molecular weight is 460 g/mol. The number of anilines is 2. The van der Waals surface area contributed by atoms with E-state index in [9.17, 15) is 14.4 Å². The van der Waals surface area contributed by atoms with Gasteiger partial charge < -0.3 is 14.2 Å². The summed E-state index contributed by atoms with van der Waals surface area (Å²) in [4.78, 5) is 45.7. The number of imidazole rings is 1. The molecule has 9 nitrogen and oxygen atoms in total.